The molecule has 0 saturated carbocycles. The second kappa shape index (κ2) is 5.54. The Morgan fingerprint density at radius 2 is 1.95 bits per heavy atom. The summed E-state index contributed by atoms with van der Waals surface area (Å²) in [7, 11) is -1.95. The molecule has 0 unspecified atom stereocenters. The van der Waals surface area contributed by atoms with Crippen molar-refractivity contribution in [1.82, 2.24) is 14.3 Å². The number of nitrogens with zero attached hydrogens (tertiary/aromatic N) is 2. The van der Waals surface area contributed by atoms with Crippen molar-refractivity contribution in [1.29, 1.82) is 0 Å². The van der Waals surface area contributed by atoms with Gasteiger partial charge in [0.25, 0.3) is 0 Å². The average Bonchev–Trinajstić information content (AvgIpc) is 2.87. The molecule has 6 heteroatoms. The minimum atomic E-state index is -3.36. The van der Waals surface area contributed by atoms with Crippen molar-refractivity contribution in [2.45, 2.75) is 24.8 Å². The van der Waals surface area contributed by atoms with E-state index in [0.717, 1.165) is 17.7 Å². The van der Waals surface area contributed by atoms with Gasteiger partial charge in [-0.05, 0) is 31.2 Å². The fourth-order valence-corrected chi connectivity index (χ4v) is 2.51. The summed E-state index contributed by atoms with van der Waals surface area (Å²) in [5, 5.41) is 0. The van der Waals surface area contributed by atoms with Crippen LogP contribution in [0.25, 0.3) is 0 Å². The molecule has 5 nitrogen and oxygen atoms in total. The van der Waals surface area contributed by atoms with Crippen molar-refractivity contribution in [2.24, 2.45) is 0 Å². The van der Waals surface area contributed by atoms with E-state index in [9.17, 15) is 8.42 Å². The van der Waals surface area contributed by atoms with Crippen LogP contribution in [0.1, 0.15) is 18.2 Å². The maximum Gasteiger partial charge on any atom is 0.240 e. The van der Waals surface area contributed by atoms with Gasteiger partial charge in [0.1, 0.15) is 0 Å². The standard InChI is InChI=1S/C13H17N3O2S/c1-3-12-9-16(10-15-12)8-11-4-6-13(7-5-11)19(17,18)14-2/h4-7,9-10,14H,3,8H2,1-2H3. The fourth-order valence-electron chi connectivity index (χ4n) is 1.78. The smallest absolute Gasteiger partial charge is 0.240 e. The molecule has 1 N–H and O–H groups in total. The van der Waals surface area contributed by atoms with Gasteiger partial charge in [0.05, 0.1) is 16.9 Å². The van der Waals surface area contributed by atoms with Crippen molar-refractivity contribution >= 4 is 10.0 Å². The molecule has 0 amide bonds. The molecule has 0 bridgehead atoms. The summed E-state index contributed by atoms with van der Waals surface area (Å²) >= 11 is 0. The summed E-state index contributed by atoms with van der Waals surface area (Å²) in [5.74, 6) is 0. The van der Waals surface area contributed by atoms with E-state index in [1.807, 2.05) is 22.9 Å². The monoisotopic (exact) mass is 279 g/mol. The Bertz CT molecular complexity index is 645. The lowest BCUT2D eigenvalue weighted by Gasteiger charge is -2.05. The molecule has 0 spiro atoms. The summed E-state index contributed by atoms with van der Waals surface area (Å²) in [4.78, 5) is 4.53. The highest BCUT2D eigenvalue weighted by Gasteiger charge is 2.10. The quantitative estimate of drug-likeness (QED) is 0.900. The zero-order valence-corrected chi connectivity index (χ0v) is 11.8. The molecule has 0 fully saturated rings. The number of rotatable bonds is 5. The van der Waals surface area contributed by atoms with E-state index in [1.54, 1.807) is 18.5 Å². The number of sulfonamides is 1. The van der Waals surface area contributed by atoms with Gasteiger partial charge in [0.15, 0.2) is 0 Å². The molecule has 1 aromatic heterocycles. The lowest BCUT2D eigenvalue weighted by Crippen LogP contribution is -2.18. The summed E-state index contributed by atoms with van der Waals surface area (Å²) in [6, 6.07) is 6.85. The number of hydrogen-bond acceptors (Lipinski definition) is 3. The van der Waals surface area contributed by atoms with E-state index in [-0.39, 0.29) is 4.90 Å². The molecule has 0 aliphatic rings. The minimum Gasteiger partial charge on any atom is -0.333 e. The molecule has 1 aromatic carbocycles. The van der Waals surface area contributed by atoms with E-state index in [0.29, 0.717) is 6.54 Å². The van der Waals surface area contributed by atoms with Crippen LogP contribution in [0, 0.1) is 0 Å². The molecule has 0 aliphatic carbocycles. The van der Waals surface area contributed by atoms with E-state index >= 15 is 0 Å². The van der Waals surface area contributed by atoms with Crippen LogP contribution in [0.3, 0.4) is 0 Å². The number of hydrogen-bond donors (Lipinski definition) is 1. The van der Waals surface area contributed by atoms with Gasteiger partial charge in [-0.2, -0.15) is 0 Å². The fraction of sp³-hybridized carbons (Fsp3) is 0.308. The van der Waals surface area contributed by atoms with E-state index in [4.69, 9.17) is 0 Å². The molecule has 0 radical (unpaired) electrons. The first-order valence-electron chi connectivity index (χ1n) is 6.08. The van der Waals surface area contributed by atoms with Gasteiger partial charge < -0.3 is 4.57 Å². The van der Waals surface area contributed by atoms with Crippen molar-refractivity contribution in [3.63, 3.8) is 0 Å². The third-order valence-electron chi connectivity index (χ3n) is 2.92. The van der Waals surface area contributed by atoms with Crippen LogP contribution in [-0.4, -0.2) is 25.0 Å². The second-order valence-corrected chi connectivity index (χ2v) is 6.13. The first-order chi connectivity index (χ1) is 9.05. The van der Waals surface area contributed by atoms with Crippen LogP contribution >= 0.6 is 0 Å². The molecule has 2 rings (SSSR count). The summed E-state index contributed by atoms with van der Waals surface area (Å²) in [5.41, 5.74) is 2.09. The average molecular weight is 279 g/mol. The Kier molecular flexibility index (Phi) is 4.01. The Morgan fingerprint density at radius 1 is 1.26 bits per heavy atom. The van der Waals surface area contributed by atoms with Crippen molar-refractivity contribution in [3.8, 4) is 0 Å². The number of aromatic nitrogens is 2. The Morgan fingerprint density at radius 3 is 2.47 bits per heavy atom. The Labute approximate surface area is 113 Å². The number of benzene rings is 1. The van der Waals surface area contributed by atoms with Crippen LogP contribution in [0.4, 0.5) is 0 Å². The van der Waals surface area contributed by atoms with Crippen LogP contribution in [0.5, 0.6) is 0 Å². The molecule has 102 valence electrons. The number of imidazole rings is 1. The van der Waals surface area contributed by atoms with Gasteiger partial charge in [0.2, 0.25) is 10.0 Å². The molecule has 0 atom stereocenters. The maximum atomic E-state index is 11.6. The molecular weight excluding hydrogens is 262 g/mol. The Hall–Kier alpha value is -1.66. The predicted octanol–water partition coefficient (Wildman–Crippen LogP) is 1.40. The van der Waals surface area contributed by atoms with E-state index < -0.39 is 10.0 Å². The van der Waals surface area contributed by atoms with Crippen molar-refractivity contribution < 1.29 is 8.42 Å². The molecule has 19 heavy (non-hydrogen) atoms. The highest BCUT2D eigenvalue weighted by Crippen LogP contribution is 2.11. The van der Waals surface area contributed by atoms with E-state index in [2.05, 4.69) is 16.6 Å². The number of aryl methyl sites for hydroxylation is 1. The normalized spacial score (nSPS) is 11.7. The SMILES string of the molecule is CCc1cn(Cc2ccc(S(=O)(=O)NC)cc2)cn1. The largest absolute Gasteiger partial charge is 0.333 e. The van der Waals surface area contributed by atoms with Crippen LogP contribution in [0.15, 0.2) is 41.7 Å². The summed E-state index contributed by atoms with van der Waals surface area (Å²) < 4.78 is 27.5. The predicted molar refractivity (Wildman–Crippen MR) is 73.4 cm³/mol. The molecule has 1 heterocycles. The molecule has 0 saturated heterocycles. The van der Waals surface area contributed by atoms with Crippen LogP contribution < -0.4 is 4.72 Å². The van der Waals surface area contributed by atoms with Gasteiger partial charge in [-0.25, -0.2) is 18.1 Å². The Balaban J connectivity index is 2.15. The summed E-state index contributed by atoms with van der Waals surface area (Å²) in [6.07, 6.45) is 4.70. The van der Waals surface area contributed by atoms with Gasteiger partial charge in [0, 0.05) is 12.7 Å². The first-order valence-corrected chi connectivity index (χ1v) is 7.56. The molecule has 0 aliphatic heterocycles. The lowest BCUT2D eigenvalue weighted by molar-refractivity contribution is 0.588. The van der Waals surface area contributed by atoms with Gasteiger partial charge >= 0.3 is 0 Å². The molecule has 2 aromatic rings. The van der Waals surface area contributed by atoms with Crippen molar-refractivity contribution in [2.75, 3.05) is 7.05 Å². The summed E-state index contributed by atoms with van der Waals surface area (Å²) in [6.45, 7) is 2.75. The highest BCUT2D eigenvalue weighted by atomic mass is 32.2. The maximum absolute atomic E-state index is 11.6. The first kappa shape index (κ1) is 13.8. The zero-order valence-electron chi connectivity index (χ0n) is 11.0. The van der Waals surface area contributed by atoms with Gasteiger partial charge in [-0.3, -0.25) is 0 Å². The van der Waals surface area contributed by atoms with Crippen LogP contribution in [0.2, 0.25) is 0 Å². The second-order valence-electron chi connectivity index (χ2n) is 4.24. The van der Waals surface area contributed by atoms with Gasteiger partial charge in [-0.15, -0.1) is 0 Å². The zero-order chi connectivity index (χ0) is 13.9. The van der Waals surface area contributed by atoms with Crippen LogP contribution in [-0.2, 0) is 23.0 Å². The lowest BCUT2D eigenvalue weighted by atomic mass is 10.2. The topological polar surface area (TPSA) is 64.0 Å². The minimum absolute atomic E-state index is 0.277. The van der Waals surface area contributed by atoms with Gasteiger partial charge in [-0.1, -0.05) is 19.1 Å². The van der Waals surface area contributed by atoms with Crippen molar-refractivity contribution in [3.05, 3.63) is 48.0 Å². The number of nitrogens with one attached hydrogen (secondary N) is 1. The third-order valence-corrected chi connectivity index (χ3v) is 4.35. The molecular formula is C13H17N3O2S. The highest BCUT2D eigenvalue weighted by molar-refractivity contribution is 7.89. The van der Waals surface area contributed by atoms with E-state index in [1.165, 1.54) is 7.05 Å². The third kappa shape index (κ3) is 3.21.